The van der Waals surface area contributed by atoms with Crippen molar-refractivity contribution >= 4 is 28.3 Å². The van der Waals surface area contributed by atoms with E-state index in [9.17, 15) is 9.59 Å². The van der Waals surface area contributed by atoms with Gasteiger partial charge in [0.2, 0.25) is 11.0 Å². The minimum absolute atomic E-state index is 0.106. The van der Waals surface area contributed by atoms with Crippen LogP contribution in [0.1, 0.15) is 48.5 Å². The second-order valence-electron chi connectivity index (χ2n) is 8.09. The molecular formula is C25H28N4O3S. The number of likely N-dealkylation sites (tertiary alicyclic amines) is 1. The van der Waals surface area contributed by atoms with Gasteiger partial charge in [-0.25, -0.2) is 0 Å². The summed E-state index contributed by atoms with van der Waals surface area (Å²) >= 11 is 1.30. The van der Waals surface area contributed by atoms with Gasteiger partial charge in [-0.3, -0.25) is 14.9 Å². The van der Waals surface area contributed by atoms with Crippen LogP contribution in [0.4, 0.5) is 5.13 Å². The Kier molecular flexibility index (Phi) is 7.34. The van der Waals surface area contributed by atoms with Crippen LogP contribution in [0, 0.1) is 0 Å². The van der Waals surface area contributed by atoms with Crippen LogP contribution in [-0.4, -0.2) is 46.6 Å². The van der Waals surface area contributed by atoms with Crippen LogP contribution < -0.4 is 10.1 Å². The smallest absolute Gasteiger partial charge is 0.254 e. The number of anilines is 1. The molecule has 1 atom stereocenters. The van der Waals surface area contributed by atoms with Crippen LogP contribution in [0.5, 0.6) is 5.75 Å². The van der Waals surface area contributed by atoms with Crippen LogP contribution in [0.15, 0.2) is 48.5 Å². The molecule has 1 N–H and O–H groups in total. The number of carbonyl (C=O) groups is 2. The number of amides is 2. The highest BCUT2D eigenvalue weighted by Gasteiger charge is 2.35. The summed E-state index contributed by atoms with van der Waals surface area (Å²) in [6.07, 6.45) is 4.72. The summed E-state index contributed by atoms with van der Waals surface area (Å²) in [6, 6.07) is 14.8. The molecule has 0 spiro atoms. The SMILES string of the molecule is CCCCc1ccc(C(=O)N2CCCC2C(=O)Nc2nnc(-c3ccc(OC)cc3)s2)cc1. The summed E-state index contributed by atoms with van der Waals surface area (Å²) in [6.45, 7) is 2.74. The topological polar surface area (TPSA) is 84.4 Å². The monoisotopic (exact) mass is 464 g/mol. The number of hydrogen-bond acceptors (Lipinski definition) is 6. The molecule has 33 heavy (non-hydrogen) atoms. The Morgan fingerprint density at radius 1 is 1.12 bits per heavy atom. The third-order valence-electron chi connectivity index (χ3n) is 5.83. The van der Waals surface area contributed by atoms with Crippen LogP contribution in [-0.2, 0) is 11.2 Å². The van der Waals surface area contributed by atoms with E-state index in [0.29, 0.717) is 28.7 Å². The van der Waals surface area contributed by atoms with E-state index in [1.807, 2.05) is 48.5 Å². The molecule has 1 aromatic heterocycles. The maximum Gasteiger partial charge on any atom is 0.254 e. The van der Waals surface area contributed by atoms with Crippen molar-refractivity contribution in [3.05, 3.63) is 59.7 Å². The number of ether oxygens (including phenoxy) is 1. The summed E-state index contributed by atoms with van der Waals surface area (Å²) in [5, 5.41) is 12.3. The van der Waals surface area contributed by atoms with E-state index in [0.717, 1.165) is 37.0 Å². The van der Waals surface area contributed by atoms with E-state index in [1.165, 1.54) is 16.9 Å². The van der Waals surface area contributed by atoms with Crippen molar-refractivity contribution in [2.45, 2.75) is 45.1 Å². The molecule has 0 saturated carbocycles. The van der Waals surface area contributed by atoms with Gasteiger partial charge in [-0.2, -0.15) is 0 Å². The van der Waals surface area contributed by atoms with Gasteiger partial charge in [0.25, 0.3) is 5.91 Å². The first-order chi connectivity index (χ1) is 16.1. The van der Waals surface area contributed by atoms with Crippen molar-refractivity contribution in [3.8, 4) is 16.3 Å². The van der Waals surface area contributed by atoms with E-state index in [4.69, 9.17) is 4.74 Å². The molecule has 4 rings (SSSR count). The maximum absolute atomic E-state index is 13.1. The largest absolute Gasteiger partial charge is 0.497 e. The van der Waals surface area contributed by atoms with Crippen LogP contribution in [0.3, 0.4) is 0 Å². The number of nitrogens with zero attached hydrogens (tertiary/aromatic N) is 3. The zero-order valence-corrected chi connectivity index (χ0v) is 19.7. The third kappa shape index (κ3) is 5.39. The molecule has 1 saturated heterocycles. The molecule has 1 fully saturated rings. The lowest BCUT2D eigenvalue weighted by molar-refractivity contribution is -0.119. The zero-order valence-electron chi connectivity index (χ0n) is 18.9. The minimum Gasteiger partial charge on any atom is -0.497 e. The molecular weight excluding hydrogens is 436 g/mol. The summed E-state index contributed by atoms with van der Waals surface area (Å²) < 4.78 is 5.18. The fraction of sp³-hybridized carbons (Fsp3) is 0.360. The predicted octanol–water partition coefficient (Wildman–Crippen LogP) is 4.80. The van der Waals surface area contributed by atoms with Crippen LogP contribution >= 0.6 is 11.3 Å². The molecule has 0 aliphatic carbocycles. The molecule has 7 nitrogen and oxygen atoms in total. The maximum atomic E-state index is 13.1. The van der Waals surface area contributed by atoms with Gasteiger partial charge in [0.15, 0.2) is 0 Å². The van der Waals surface area contributed by atoms with E-state index >= 15 is 0 Å². The van der Waals surface area contributed by atoms with E-state index in [1.54, 1.807) is 12.0 Å². The Hall–Kier alpha value is -3.26. The van der Waals surface area contributed by atoms with Crippen LogP contribution in [0.2, 0.25) is 0 Å². The number of methoxy groups -OCH3 is 1. The number of hydrogen-bond donors (Lipinski definition) is 1. The van der Waals surface area contributed by atoms with Gasteiger partial charge >= 0.3 is 0 Å². The second kappa shape index (κ2) is 10.6. The van der Waals surface area contributed by atoms with Crippen molar-refractivity contribution < 1.29 is 14.3 Å². The molecule has 0 radical (unpaired) electrons. The Bertz CT molecular complexity index is 1100. The van der Waals surface area contributed by atoms with Crippen molar-refractivity contribution in [2.75, 3.05) is 19.0 Å². The van der Waals surface area contributed by atoms with E-state index in [2.05, 4.69) is 22.4 Å². The fourth-order valence-electron chi connectivity index (χ4n) is 3.96. The molecule has 1 aliphatic heterocycles. The van der Waals surface area contributed by atoms with Crippen molar-refractivity contribution in [2.24, 2.45) is 0 Å². The van der Waals surface area contributed by atoms with Gasteiger partial charge in [0.05, 0.1) is 7.11 Å². The average Bonchev–Trinajstić information content (AvgIpc) is 3.53. The first kappa shape index (κ1) is 22.9. The minimum atomic E-state index is -0.509. The number of carbonyl (C=O) groups excluding carboxylic acids is 2. The number of rotatable bonds is 8. The highest BCUT2D eigenvalue weighted by molar-refractivity contribution is 7.18. The van der Waals surface area contributed by atoms with Crippen molar-refractivity contribution in [1.82, 2.24) is 15.1 Å². The first-order valence-corrected chi connectivity index (χ1v) is 12.1. The van der Waals surface area contributed by atoms with Gasteiger partial charge in [-0.15, -0.1) is 10.2 Å². The Morgan fingerprint density at radius 3 is 2.58 bits per heavy atom. The molecule has 3 aromatic rings. The molecule has 172 valence electrons. The number of aromatic nitrogens is 2. The van der Waals surface area contributed by atoms with Gasteiger partial charge in [0.1, 0.15) is 16.8 Å². The fourth-order valence-corrected chi connectivity index (χ4v) is 4.71. The van der Waals surface area contributed by atoms with Crippen molar-refractivity contribution in [3.63, 3.8) is 0 Å². The first-order valence-electron chi connectivity index (χ1n) is 11.3. The normalized spacial score (nSPS) is 15.5. The quantitative estimate of drug-likeness (QED) is 0.518. The van der Waals surface area contributed by atoms with E-state index < -0.39 is 6.04 Å². The average molecular weight is 465 g/mol. The Labute approximate surface area is 197 Å². The molecule has 2 heterocycles. The summed E-state index contributed by atoms with van der Waals surface area (Å²) in [5.74, 6) is 0.433. The lowest BCUT2D eigenvalue weighted by Crippen LogP contribution is -2.43. The number of aryl methyl sites for hydroxylation is 1. The van der Waals surface area contributed by atoms with Crippen molar-refractivity contribution in [1.29, 1.82) is 0 Å². The summed E-state index contributed by atoms with van der Waals surface area (Å²) in [7, 11) is 1.62. The molecule has 0 bridgehead atoms. The Balaban J connectivity index is 1.40. The molecule has 1 aliphatic rings. The molecule has 8 heteroatoms. The predicted molar refractivity (Wildman–Crippen MR) is 130 cm³/mol. The molecule has 2 aromatic carbocycles. The van der Waals surface area contributed by atoms with Crippen LogP contribution in [0.25, 0.3) is 10.6 Å². The van der Waals surface area contributed by atoms with Gasteiger partial charge in [0, 0.05) is 17.7 Å². The standard InChI is InChI=1S/C25H28N4O3S/c1-3-4-6-17-8-10-19(11-9-17)24(31)29-16-5-7-21(29)22(30)26-25-28-27-23(33-25)18-12-14-20(32-2)15-13-18/h8-15,21H,3-7,16H2,1-2H3,(H,26,28,30). The van der Waals surface area contributed by atoms with Gasteiger partial charge < -0.3 is 9.64 Å². The summed E-state index contributed by atoms with van der Waals surface area (Å²) in [4.78, 5) is 27.7. The highest BCUT2D eigenvalue weighted by Crippen LogP contribution is 2.29. The molecule has 1 unspecified atom stereocenters. The van der Waals surface area contributed by atoms with Gasteiger partial charge in [-0.05, 0) is 67.6 Å². The zero-order chi connectivity index (χ0) is 23.2. The second-order valence-corrected chi connectivity index (χ2v) is 9.06. The lowest BCUT2D eigenvalue weighted by Gasteiger charge is -2.23. The Morgan fingerprint density at radius 2 is 1.88 bits per heavy atom. The van der Waals surface area contributed by atoms with E-state index in [-0.39, 0.29) is 11.8 Å². The highest BCUT2D eigenvalue weighted by atomic mass is 32.1. The number of nitrogens with one attached hydrogen (secondary N) is 1. The number of unbranched alkanes of at least 4 members (excludes halogenated alkanes) is 1. The number of benzene rings is 2. The van der Waals surface area contributed by atoms with Gasteiger partial charge in [-0.1, -0.05) is 36.8 Å². The third-order valence-corrected chi connectivity index (χ3v) is 6.72. The summed E-state index contributed by atoms with van der Waals surface area (Å²) in [5.41, 5.74) is 2.74. The molecule has 2 amide bonds. The lowest BCUT2D eigenvalue weighted by atomic mass is 10.1.